The van der Waals surface area contributed by atoms with E-state index < -0.39 is 11.7 Å². The Morgan fingerprint density at radius 2 is 1.75 bits per heavy atom. The predicted molar refractivity (Wildman–Crippen MR) is 139 cm³/mol. The van der Waals surface area contributed by atoms with Crippen LogP contribution in [0.1, 0.15) is 44.7 Å². The molecule has 0 amide bonds. The first kappa shape index (κ1) is 30.4. The maximum absolute atomic E-state index is 12.0. The van der Waals surface area contributed by atoms with Gasteiger partial charge in [-0.05, 0) is 50.5 Å². The minimum Gasteiger partial charge on any atom is -0.306 e. The summed E-state index contributed by atoms with van der Waals surface area (Å²) in [6.07, 6.45) is 0.903. The van der Waals surface area contributed by atoms with E-state index >= 15 is 0 Å². The van der Waals surface area contributed by atoms with Crippen LogP contribution in [0.3, 0.4) is 0 Å². The van der Waals surface area contributed by atoms with Gasteiger partial charge >= 0.3 is 11.9 Å². The lowest BCUT2D eigenvalue weighted by molar-refractivity contribution is -0.137. The van der Waals surface area contributed by atoms with Crippen molar-refractivity contribution in [3.05, 3.63) is 70.1 Å². The molecule has 2 atom stereocenters. The van der Waals surface area contributed by atoms with Gasteiger partial charge in [-0.15, -0.1) is 17.8 Å². The van der Waals surface area contributed by atoms with Crippen molar-refractivity contribution >= 4 is 28.9 Å². The van der Waals surface area contributed by atoms with Crippen LogP contribution in [-0.2, 0) is 12.7 Å². The third-order valence-electron chi connectivity index (χ3n) is 4.16. The molecular weight excluding hydrogens is 451 g/mol. The molecule has 0 saturated heterocycles. The number of halogens is 3. The minimum atomic E-state index is -4.22. The van der Waals surface area contributed by atoms with E-state index in [4.69, 9.17) is 0 Å². The van der Waals surface area contributed by atoms with Gasteiger partial charge in [0, 0.05) is 6.54 Å². The van der Waals surface area contributed by atoms with Gasteiger partial charge in [0.15, 0.2) is 0 Å². The number of unbranched alkanes of at least 4 members (excludes halogenated alkanes) is 1. The number of aromatic amines is 1. The Labute approximate surface area is 194 Å². The van der Waals surface area contributed by atoms with Crippen LogP contribution in [0.5, 0.6) is 0 Å². The van der Waals surface area contributed by atoms with Crippen LogP contribution in [0.15, 0.2) is 53.3 Å². The maximum atomic E-state index is 12.0. The summed E-state index contributed by atoms with van der Waals surface area (Å²) in [6.45, 7) is 10.9. The number of imidazole rings is 1. The van der Waals surface area contributed by atoms with Crippen LogP contribution >= 0.6 is 17.8 Å². The smallest absolute Gasteiger partial charge is 0.306 e. The van der Waals surface area contributed by atoms with Gasteiger partial charge in [0.1, 0.15) is 0 Å². The normalized spacial score (nSPS) is 10.7. The van der Waals surface area contributed by atoms with Crippen molar-refractivity contribution in [1.82, 2.24) is 9.55 Å². The topological polar surface area (TPSA) is 37.8 Å². The van der Waals surface area contributed by atoms with Gasteiger partial charge in [0.05, 0.1) is 16.6 Å². The van der Waals surface area contributed by atoms with E-state index in [0.29, 0.717) is 5.56 Å². The number of hydrogen-bond donors (Lipinski definition) is 1. The highest BCUT2D eigenvalue weighted by Crippen LogP contribution is 2.29. The van der Waals surface area contributed by atoms with Gasteiger partial charge < -0.3 is 4.98 Å². The zero-order valence-corrected chi connectivity index (χ0v) is 21.9. The summed E-state index contributed by atoms with van der Waals surface area (Å²) in [5.41, 5.74) is 1.90. The molecule has 3 aromatic rings. The molecule has 0 radical (unpaired) electrons. The molecule has 32 heavy (non-hydrogen) atoms. The monoisotopic (exact) mass is 488 g/mol. The first-order chi connectivity index (χ1) is 15.2. The second-order valence-corrected chi connectivity index (χ2v) is 8.50. The Morgan fingerprint density at radius 3 is 2.22 bits per heavy atom. The van der Waals surface area contributed by atoms with Gasteiger partial charge in [0.25, 0.3) is 0 Å². The Morgan fingerprint density at radius 1 is 1.09 bits per heavy atom. The summed E-state index contributed by atoms with van der Waals surface area (Å²) in [6, 6.07) is 12.9. The van der Waals surface area contributed by atoms with Crippen molar-refractivity contribution < 1.29 is 13.2 Å². The molecule has 0 fully saturated rings. The summed E-state index contributed by atoms with van der Waals surface area (Å²) in [7, 11) is 3.79. The number of para-hydroxylation sites is 2. The molecule has 3 rings (SSSR count). The van der Waals surface area contributed by atoms with E-state index in [9.17, 15) is 18.0 Å². The third-order valence-corrected chi connectivity index (χ3v) is 5.27. The summed E-state index contributed by atoms with van der Waals surface area (Å²) < 4.78 is 37.7. The number of nitrogens with zero attached hydrogens (tertiary/aromatic N) is 1. The number of aryl methyl sites for hydroxylation is 2. The van der Waals surface area contributed by atoms with Gasteiger partial charge in [-0.3, -0.25) is 4.57 Å². The fourth-order valence-electron chi connectivity index (χ4n) is 2.63. The van der Waals surface area contributed by atoms with E-state index in [-0.39, 0.29) is 5.69 Å². The molecule has 0 aliphatic rings. The quantitative estimate of drug-likeness (QED) is 0.296. The molecule has 2 aromatic carbocycles. The molecular formula is C24H37F3N2OP2. The predicted octanol–water partition coefficient (Wildman–Crippen LogP) is 7.34. The zero-order valence-electron chi connectivity index (χ0n) is 19.7. The first-order valence-corrected chi connectivity index (χ1v) is 13.4. The zero-order chi connectivity index (χ0) is 24.6. The van der Waals surface area contributed by atoms with Crippen molar-refractivity contribution in [3.63, 3.8) is 0 Å². The van der Waals surface area contributed by atoms with Crippen LogP contribution in [0.25, 0.3) is 11.0 Å². The Kier molecular flexibility index (Phi) is 16.1. The highest BCUT2D eigenvalue weighted by atomic mass is 31.1. The number of H-pyrrole nitrogens is 1. The molecule has 8 heteroatoms. The molecule has 0 saturated carbocycles. The number of hydrogen-bond acceptors (Lipinski definition) is 1. The Hall–Kier alpha value is -1.64. The van der Waals surface area contributed by atoms with Crippen LogP contribution in [-0.4, -0.2) is 28.5 Å². The summed E-state index contributed by atoms with van der Waals surface area (Å²) in [4.78, 5) is 14.2. The van der Waals surface area contributed by atoms with Crippen LogP contribution in [0, 0.1) is 6.92 Å². The number of benzene rings is 2. The minimum absolute atomic E-state index is 0.0244. The Bertz CT molecular complexity index is 933. The second kappa shape index (κ2) is 16.9. The van der Waals surface area contributed by atoms with Crippen molar-refractivity contribution in [1.29, 1.82) is 0 Å². The van der Waals surface area contributed by atoms with E-state index in [1.54, 1.807) is 17.6 Å². The number of rotatable bonds is 5. The average molecular weight is 489 g/mol. The fourth-order valence-corrected chi connectivity index (χ4v) is 3.60. The van der Waals surface area contributed by atoms with E-state index in [1.165, 1.54) is 25.1 Å². The van der Waals surface area contributed by atoms with E-state index in [1.807, 2.05) is 38.1 Å². The molecule has 1 heterocycles. The molecule has 1 aromatic heterocycles. The lowest BCUT2D eigenvalue weighted by Crippen LogP contribution is -2.17. The number of alkyl halides is 3. The summed E-state index contributed by atoms with van der Waals surface area (Å²) in [5, 5.41) is 0. The molecule has 180 valence electrons. The molecule has 3 nitrogen and oxygen atoms in total. The lowest BCUT2D eigenvalue weighted by Gasteiger charge is -2.05. The molecule has 0 aliphatic carbocycles. The van der Waals surface area contributed by atoms with Crippen LogP contribution in [0.2, 0.25) is 0 Å². The maximum Gasteiger partial charge on any atom is 0.416 e. The van der Waals surface area contributed by atoms with Crippen LogP contribution in [0.4, 0.5) is 13.2 Å². The van der Waals surface area contributed by atoms with Gasteiger partial charge in [0.2, 0.25) is 0 Å². The van der Waals surface area contributed by atoms with E-state index in [0.717, 1.165) is 44.5 Å². The highest BCUT2D eigenvalue weighted by molar-refractivity contribution is 7.36. The first-order valence-electron chi connectivity index (χ1n) is 10.9. The van der Waals surface area contributed by atoms with Gasteiger partial charge in [-0.25, -0.2) is 4.79 Å². The Balaban J connectivity index is 0.000000461. The largest absolute Gasteiger partial charge is 0.416 e. The van der Waals surface area contributed by atoms with Gasteiger partial charge in [-0.2, -0.15) is 13.2 Å². The van der Waals surface area contributed by atoms with E-state index in [2.05, 4.69) is 27.8 Å². The highest BCUT2D eigenvalue weighted by Gasteiger charge is 2.29. The molecule has 0 aliphatic heterocycles. The van der Waals surface area contributed by atoms with Crippen molar-refractivity contribution in [2.75, 3.05) is 19.0 Å². The number of nitrogens with one attached hydrogen (secondary N) is 1. The van der Waals surface area contributed by atoms with Crippen LogP contribution < -0.4 is 5.69 Å². The molecule has 2 unspecified atom stereocenters. The van der Waals surface area contributed by atoms with Gasteiger partial charge in [-0.1, -0.05) is 63.1 Å². The summed E-state index contributed by atoms with van der Waals surface area (Å²) in [5.74, 6) is 0. The number of fused-ring (bicyclic) bond motifs is 1. The molecule has 0 spiro atoms. The van der Waals surface area contributed by atoms with Crippen molar-refractivity contribution in [2.24, 2.45) is 0 Å². The summed E-state index contributed by atoms with van der Waals surface area (Å²) >= 11 is 0. The second-order valence-electron chi connectivity index (χ2n) is 6.71. The molecule has 1 N–H and O–H groups in total. The SMILES string of the molecule is CC.CCCCPC.Cc1cccc(C(F)(F)F)c1.O=c1[nH]c2ccccc2n1CCP. The number of aromatic nitrogens is 2. The molecule has 0 bridgehead atoms. The van der Waals surface area contributed by atoms with Crippen molar-refractivity contribution in [3.8, 4) is 0 Å². The third kappa shape index (κ3) is 11.3. The standard InChI is InChI=1S/C9H11N2OP.C8H7F3.C5H13P.C2H6/c12-9-10-7-3-1-2-4-8(7)11(9)5-6-13;1-6-3-2-4-7(5-6)8(9,10)11;1-3-4-5-6-2;1-2/h1-4H,5-6,13H2,(H,10,12);2-5H,1H3;6H,3-5H2,1-2H3;1-2H3. The average Bonchev–Trinajstić information content (AvgIpc) is 3.09. The fraction of sp³-hybridized carbons (Fsp3) is 0.458. The van der Waals surface area contributed by atoms with Crippen molar-refractivity contribution in [2.45, 2.75) is 53.3 Å². The lowest BCUT2D eigenvalue weighted by atomic mass is 10.1.